The Bertz CT molecular complexity index is 1010. The lowest BCUT2D eigenvalue weighted by molar-refractivity contribution is -0.117. The first-order valence-electron chi connectivity index (χ1n) is 10.0. The molecule has 0 atom stereocenters. The standard InChI is InChI=1S/C22H25N7O/c1-23-22(26-16-18-9-11-24-20(14-18)29-13-3-10-27-29)25-15-17-5-7-19(8-6-17)28-12-2-4-21(28)30/h3,5-11,13-14H,2,4,12,15-16H2,1H3,(H2,23,25,26). The second kappa shape index (κ2) is 9.21. The van der Waals surface area contributed by atoms with Crippen molar-refractivity contribution in [1.29, 1.82) is 0 Å². The van der Waals surface area contributed by atoms with Gasteiger partial charge in [-0.1, -0.05) is 12.1 Å². The van der Waals surface area contributed by atoms with Crippen molar-refractivity contribution in [1.82, 2.24) is 25.4 Å². The highest BCUT2D eigenvalue weighted by atomic mass is 16.2. The minimum atomic E-state index is 0.206. The first-order chi connectivity index (χ1) is 14.7. The van der Waals surface area contributed by atoms with Gasteiger partial charge in [-0.15, -0.1) is 0 Å². The molecule has 8 heteroatoms. The van der Waals surface area contributed by atoms with E-state index in [-0.39, 0.29) is 5.91 Å². The quantitative estimate of drug-likeness (QED) is 0.487. The van der Waals surface area contributed by atoms with Crippen molar-refractivity contribution in [2.75, 3.05) is 18.5 Å². The molecule has 1 amide bonds. The van der Waals surface area contributed by atoms with E-state index in [1.165, 1.54) is 0 Å². The Kier molecular flexibility index (Phi) is 6.03. The fraction of sp³-hybridized carbons (Fsp3) is 0.273. The van der Waals surface area contributed by atoms with E-state index in [1.807, 2.05) is 53.6 Å². The van der Waals surface area contributed by atoms with Gasteiger partial charge in [0, 0.05) is 57.4 Å². The summed E-state index contributed by atoms with van der Waals surface area (Å²) in [6.45, 7) is 2.07. The number of carbonyl (C=O) groups is 1. The van der Waals surface area contributed by atoms with Crippen LogP contribution >= 0.6 is 0 Å². The lowest BCUT2D eigenvalue weighted by atomic mass is 10.2. The number of anilines is 1. The summed E-state index contributed by atoms with van der Waals surface area (Å²) in [6, 6.07) is 13.9. The maximum atomic E-state index is 11.9. The van der Waals surface area contributed by atoms with Crippen molar-refractivity contribution < 1.29 is 4.79 Å². The van der Waals surface area contributed by atoms with Gasteiger partial charge in [-0.25, -0.2) is 9.67 Å². The molecule has 3 heterocycles. The van der Waals surface area contributed by atoms with E-state index < -0.39 is 0 Å². The van der Waals surface area contributed by atoms with E-state index >= 15 is 0 Å². The number of nitrogens with one attached hydrogen (secondary N) is 2. The number of pyridine rings is 1. The van der Waals surface area contributed by atoms with Crippen LogP contribution in [-0.4, -0.2) is 40.2 Å². The van der Waals surface area contributed by atoms with Crippen molar-refractivity contribution in [2.24, 2.45) is 4.99 Å². The predicted molar refractivity (Wildman–Crippen MR) is 116 cm³/mol. The van der Waals surface area contributed by atoms with Gasteiger partial charge >= 0.3 is 0 Å². The number of nitrogens with zero attached hydrogens (tertiary/aromatic N) is 5. The molecule has 4 rings (SSSR count). The van der Waals surface area contributed by atoms with Crippen LogP contribution in [0.25, 0.3) is 5.82 Å². The van der Waals surface area contributed by atoms with Gasteiger partial charge in [0.05, 0.1) is 0 Å². The molecule has 1 aliphatic heterocycles. The zero-order valence-corrected chi connectivity index (χ0v) is 17.0. The Labute approximate surface area is 175 Å². The molecule has 30 heavy (non-hydrogen) atoms. The van der Waals surface area contributed by atoms with Crippen LogP contribution in [0.1, 0.15) is 24.0 Å². The molecule has 1 aliphatic rings. The van der Waals surface area contributed by atoms with E-state index in [4.69, 9.17) is 0 Å². The average Bonchev–Trinajstić information content (AvgIpc) is 3.47. The summed E-state index contributed by atoms with van der Waals surface area (Å²) in [5.74, 6) is 1.70. The molecule has 8 nitrogen and oxygen atoms in total. The van der Waals surface area contributed by atoms with Crippen LogP contribution in [-0.2, 0) is 17.9 Å². The molecule has 1 saturated heterocycles. The predicted octanol–water partition coefficient (Wildman–Crippen LogP) is 2.26. The molecule has 0 unspecified atom stereocenters. The maximum absolute atomic E-state index is 11.9. The molecule has 0 saturated carbocycles. The Morgan fingerprint density at radius 3 is 2.57 bits per heavy atom. The van der Waals surface area contributed by atoms with Crippen LogP contribution in [0.4, 0.5) is 5.69 Å². The van der Waals surface area contributed by atoms with Gasteiger partial charge in [0.15, 0.2) is 11.8 Å². The third-order valence-electron chi connectivity index (χ3n) is 5.01. The number of hydrogen-bond donors (Lipinski definition) is 2. The van der Waals surface area contributed by atoms with Crippen molar-refractivity contribution in [2.45, 2.75) is 25.9 Å². The number of guanidine groups is 1. The number of aliphatic imine (C=N–C) groups is 1. The summed E-state index contributed by atoms with van der Waals surface area (Å²) in [4.78, 5) is 22.4. The number of amides is 1. The summed E-state index contributed by atoms with van der Waals surface area (Å²) in [5, 5.41) is 10.9. The first kappa shape index (κ1) is 19.6. The summed E-state index contributed by atoms with van der Waals surface area (Å²) in [7, 11) is 1.75. The SMILES string of the molecule is CN=C(NCc1ccc(N2CCCC2=O)cc1)NCc1ccnc(-n2cccn2)c1. The number of rotatable bonds is 6. The third kappa shape index (κ3) is 4.65. The molecule has 0 aliphatic carbocycles. The fourth-order valence-electron chi connectivity index (χ4n) is 3.41. The molecular weight excluding hydrogens is 378 g/mol. The highest BCUT2D eigenvalue weighted by Crippen LogP contribution is 2.21. The molecule has 1 fully saturated rings. The van der Waals surface area contributed by atoms with E-state index in [0.29, 0.717) is 25.5 Å². The zero-order chi connectivity index (χ0) is 20.8. The second-order valence-electron chi connectivity index (χ2n) is 7.07. The van der Waals surface area contributed by atoms with Crippen LogP contribution in [0.3, 0.4) is 0 Å². The number of hydrogen-bond acceptors (Lipinski definition) is 4. The van der Waals surface area contributed by atoms with Crippen LogP contribution in [0.5, 0.6) is 0 Å². The third-order valence-corrected chi connectivity index (χ3v) is 5.01. The van der Waals surface area contributed by atoms with Crippen molar-refractivity contribution in [3.63, 3.8) is 0 Å². The van der Waals surface area contributed by atoms with Crippen molar-refractivity contribution >= 4 is 17.6 Å². The summed E-state index contributed by atoms with van der Waals surface area (Å²) in [5.41, 5.74) is 3.17. The van der Waals surface area contributed by atoms with E-state index in [2.05, 4.69) is 25.7 Å². The van der Waals surface area contributed by atoms with Gasteiger partial charge in [-0.2, -0.15) is 5.10 Å². The molecule has 2 aromatic heterocycles. The summed E-state index contributed by atoms with van der Waals surface area (Å²) in [6.07, 6.45) is 6.95. The monoisotopic (exact) mass is 403 g/mol. The highest BCUT2D eigenvalue weighted by molar-refractivity contribution is 5.95. The van der Waals surface area contributed by atoms with E-state index in [9.17, 15) is 4.79 Å². The zero-order valence-electron chi connectivity index (χ0n) is 17.0. The molecule has 0 spiro atoms. The van der Waals surface area contributed by atoms with Gasteiger partial charge in [0.2, 0.25) is 5.91 Å². The van der Waals surface area contributed by atoms with Crippen molar-refractivity contribution in [3.05, 3.63) is 72.2 Å². The lowest BCUT2D eigenvalue weighted by Gasteiger charge is -2.16. The van der Waals surface area contributed by atoms with Gasteiger partial charge in [-0.3, -0.25) is 9.79 Å². The average molecular weight is 403 g/mol. The second-order valence-corrected chi connectivity index (χ2v) is 7.07. The van der Waals surface area contributed by atoms with E-state index in [0.717, 1.165) is 35.6 Å². The van der Waals surface area contributed by atoms with E-state index in [1.54, 1.807) is 24.1 Å². The molecule has 154 valence electrons. The number of aromatic nitrogens is 3. The lowest BCUT2D eigenvalue weighted by Crippen LogP contribution is -2.36. The minimum Gasteiger partial charge on any atom is -0.352 e. The van der Waals surface area contributed by atoms with Gasteiger partial charge in [0.1, 0.15) is 0 Å². The van der Waals surface area contributed by atoms with Gasteiger partial charge in [-0.05, 0) is 47.9 Å². The molecule has 2 N–H and O–H groups in total. The molecule has 0 bridgehead atoms. The Balaban J connectivity index is 1.30. The smallest absolute Gasteiger partial charge is 0.227 e. The maximum Gasteiger partial charge on any atom is 0.227 e. The Morgan fingerprint density at radius 1 is 1.10 bits per heavy atom. The number of benzene rings is 1. The first-order valence-corrected chi connectivity index (χ1v) is 10.0. The summed E-state index contributed by atoms with van der Waals surface area (Å²) >= 11 is 0. The minimum absolute atomic E-state index is 0.206. The van der Waals surface area contributed by atoms with Crippen molar-refractivity contribution in [3.8, 4) is 5.82 Å². The molecule has 1 aromatic carbocycles. The van der Waals surface area contributed by atoms with Gasteiger partial charge in [0.25, 0.3) is 0 Å². The largest absolute Gasteiger partial charge is 0.352 e. The van der Waals surface area contributed by atoms with Crippen LogP contribution in [0, 0.1) is 0 Å². The topological polar surface area (TPSA) is 87.4 Å². The van der Waals surface area contributed by atoms with Crippen LogP contribution in [0.2, 0.25) is 0 Å². The highest BCUT2D eigenvalue weighted by Gasteiger charge is 2.21. The van der Waals surface area contributed by atoms with Crippen LogP contribution in [0.15, 0.2) is 66.0 Å². The Morgan fingerprint density at radius 2 is 1.90 bits per heavy atom. The normalized spacial score (nSPS) is 14.2. The molecule has 0 radical (unpaired) electrons. The van der Waals surface area contributed by atoms with Crippen LogP contribution < -0.4 is 15.5 Å². The molecular formula is C22H25N7O. The summed E-state index contributed by atoms with van der Waals surface area (Å²) < 4.78 is 1.73. The number of carbonyl (C=O) groups excluding carboxylic acids is 1. The molecule has 3 aromatic rings. The Hall–Kier alpha value is -3.68. The fourth-order valence-corrected chi connectivity index (χ4v) is 3.41. The van der Waals surface area contributed by atoms with Gasteiger partial charge < -0.3 is 15.5 Å².